The maximum Gasteiger partial charge on any atom is 0.267 e. The van der Waals surface area contributed by atoms with Gasteiger partial charge >= 0.3 is 0 Å². The second kappa shape index (κ2) is 9.12. The van der Waals surface area contributed by atoms with Crippen molar-refractivity contribution in [1.29, 1.82) is 0 Å². The summed E-state index contributed by atoms with van der Waals surface area (Å²) in [6, 6.07) is 5.76. The highest BCUT2D eigenvalue weighted by molar-refractivity contribution is 8.26. The molecule has 0 radical (unpaired) electrons. The molecule has 0 aromatic carbocycles. The molecule has 1 N–H and O–H groups in total. The molecule has 6 nitrogen and oxygen atoms in total. The van der Waals surface area contributed by atoms with Crippen LogP contribution in [0.2, 0.25) is 0 Å². The molecule has 8 heteroatoms. The Labute approximate surface area is 192 Å². The largest absolute Gasteiger partial charge is 0.367 e. The van der Waals surface area contributed by atoms with Gasteiger partial charge in [-0.2, -0.15) is 0 Å². The van der Waals surface area contributed by atoms with Gasteiger partial charge in [0.1, 0.15) is 15.8 Å². The maximum atomic E-state index is 13.3. The standard InChI is InChI=1S/C23H28N4O2S2/c1-14(2)13-27-22(29)18(31-23(27)30)12-17-20(24-16-9-7-15(3)8-10-16)25-19-6-4-5-11-26(19)21(17)28/h4-6,11-12,14-16,24H,7-10,13H2,1-3H3. The second-order valence-electron chi connectivity index (χ2n) is 8.90. The van der Waals surface area contributed by atoms with Crippen LogP contribution in [0, 0.1) is 11.8 Å². The molecular weight excluding hydrogens is 428 g/mol. The molecule has 2 fully saturated rings. The van der Waals surface area contributed by atoms with Crippen LogP contribution in [0.5, 0.6) is 0 Å². The number of rotatable bonds is 5. The molecule has 0 unspecified atom stereocenters. The van der Waals surface area contributed by atoms with E-state index in [1.165, 1.54) is 16.2 Å². The number of thioether (sulfide) groups is 1. The van der Waals surface area contributed by atoms with E-state index in [-0.39, 0.29) is 17.5 Å². The van der Waals surface area contributed by atoms with Crippen LogP contribution in [0.1, 0.15) is 52.0 Å². The van der Waals surface area contributed by atoms with Gasteiger partial charge in [0.05, 0.1) is 10.5 Å². The molecule has 0 bridgehead atoms. The number of hydrogen-bond acceptors (Lipinski definition) is 6. The molecule has 3 heterocycles. The Kier molecular flexibility index (Phi) is 6.48. The Hall–Kier alpha value is -2.19. The summed E-state index contributed by atoms with van der Waals surface area (Å²) >= 11 is 6.68. The number of aromatic nitrogens is 2. The number of nitrogens with one attached hydrogen (secondary N) is 1. The van der Waals surface area contributed by atoms with Crippen LogP contribution in [-0.4, -0.2) is 37.1 Å². The van der Waals surface area contributed by atoms with E-state index in [9.17, 15) is 9.59 Å². The predicted octanol–water partition coefficient (Wildman–Crippen LogP) is 4.54. The van der Waals surface area contributed by atoms with E-state index in [1.54, 1.807) is 23.2 Å². The van der Waals surface area contributed by atoms with Crippen molar-refractivity contribution in [2.24, 2.45) is 11.8 Å². The molecule has 1 aliphatic carbocycles. The molecule has 0 atom stereocenters. The summed E-state index contributed by atoms with van der Waals surface area (Å²) in [7, 11) is 0. The van der Waals surface area contributed by atoms with Crippen molar-refractivity contribution in [2.75, 3.05) is 11.9 Å². The number of pyridine rings is 1. The summed E-state index contributed by atoms with van der Waals surface area (Å²) < 4.78 is 2.06. The van der Waals surface area contributed by atoms with Crippen LogP contribution < -0.4 is 10.9 Å². The summed E-state index contributed by atoms with van der Waals surface area (Å²) in [6.07, 6.45) is 7.79. The van der Waals surface area contributed by atoms with E-state index in [1.807, 2.05) is 12.1 Å². The minimum absolute atomic E-state index is 0.140. The average Bonchev–Trinajstić information content (AvgIpc) is 2.99. The summed E-state index contributed by atoms with van der Waals surface area (Å²) in [5.74, 6) is 1.44. The summed E-state index contributed by atoms with van der Waals surface area (Å²) in [4.78, 5) is 33.2. The van der Waals surface area contributed by atoms with Gasteiger partial charge in [-0.05, 0) is 55.7 Å². The highest BCUT2D eigenvalue weighted by Crippen LogP contribution is 2.34. The normalized spacial score (nSPS) is 23.4. The van der Waals surface area contributed by atoms with Crippen LogP contribution in [0.3, 0.4) is 0 Å². The van der Waals surface area contributed by atoms with Crippen molar-refractivity contribution < 1.29 is 4.79 Å². The monoisotopic (exact) mass is 456 g/mol. The fourth-order valence-corrected chi connectivity index (χ4v) is 5.35. The van der Waals surface area contributed by atoms with Crippen LogP contribution >= 0.6 is 24.0 Å². The van der Waals surface area contributed by atoms with E-state index >= 15 is 0 Å². The Bertz CT molecular complexity index is 1100. The molecule has 1 saturated carbocycles. The summed E-state index contributed by atoms with van der Waals surface area (Å²) in [5.41, 5.74) is 0.808. The zero-order valence-corrected chi connectivity index (χ0v) is 19.8. The van der Waals surface area contributed by atoms with Crippen molar-refractivity contribution in [3.05, 3.63) is 45.2 Å². The highest BCUT2D eigenvalue weighted by Gasteiger charge is 2.33. The van der Waals surface area contributed by atoms with Gasteiger partial charge in [0.25, 0.3) is 11.5 Å². The first-order valence-corrected chi connectivity index (χ1v) is 12.1. The zero-order chi connectivity index (χ0) is 22.1. The molecular formula is C23H28N4O2S2. The molecule has 1 amide bonds. The Morgan fingerprint density at radius 2 is 2.00 bits per heavy atom. The van der Waals surface area contributed by atoms with E-state index in [2.05, 4.69) is 26.1 Å². The van der Waals surface area contributed by atoms with Crippen LogP contribution in [0.15, 0.2) is 34.1 Å². The minimum Gasteiger partial charge on any atom is -0.367 e. The molecule has 31 heavy (non-hydrogen) atoms. The topological polar surface area (TPSA) is 66.7 Å². The Morgan fingerprint density at radius 3 is 2.71 bits per heavy atom. The molecule has 2 aromatic rings. The summed E-state index contributed by atoms with van der Waals surface area (Å²) in [6.45, 7) is 6.95. The Balaban J connectivity index is 1.74. The molecule has 2 aliphatic rings. The number of carbonyl (C=O) groups is 1. The maximum absolute atomic E-state index is 13.3. The van der Waals surface area contributed by atoms with Gasteiger partial charge in [-0.1, -0.05) is 50.8 Å². The number of thiocarbonyl (C=S) groups is 1. The van der Waals surface area contributed by atoms with Gasteiger partial charge in [-0.3, -0.25) is 18.9 Å². The Morgan fingerprint density at radius 1 is 1.26 bits per heavy atom. The first kappa shape index (κ1) is 22.0. The third-order valence-electron chi connectivity index (χ3n) is 5.82. The first-order valence-electron chi connectivity index (χ1n) is 10.9. The molecule has 1 aliphatic heterocycles. The molecule has 1 saturated heterocycles. The number of hydrogen-bond donors (Lipinski definition) is 1. The van der Waals surface area contributed by atoms with Crippen molar-refractivity contribution in [1.82, 2.24) is 14.3 Å². The van der Waals surface area contributed by atoms with Crippen molar-refractivity contribution >= 4 is 51.7 Å². The fraction of sp³-hybridized carbons (Fsp3) is 0.478. The van der Waals surface area contributed by atoms with Crippen molar-refractivity contribution in [3.63, 3.8) is 0 Å². The van der Waals surface area contributed by atoms with E-state index in [0.29, 0.717) is 38.7 Å². The second-order valence-corrected chi connectivity index (χ2v) is 10.6. The molecule has 0 spiro atoms. The summed E-state index contributed by atoms with van der Waals surface area (Å²) in [5, 5.41) is 3.51. The number of amides is 1. The number of carbonyl (C=O) groups excluding carboxylic acids is 1. The first-order chi connectivity index (χ1) is 14.8. The van der Waals surface area contributed by atoms with Crippen LogP contribution in [0.25, 0.3) is 11.7 Å². The van der Waals surface area contributed by atoms with Gasteiger partial charge in [-0.25, -0.2) is 4.98 Å². The zero-order valence-electron chi connectivity index (χ0n) is 18.1. The van der Waals surface area contributed by atoms with Gasteiger partial charge in [0.15, 0.2) is 0 Å². The highest BCUT2D eigenvalue weighted by atomic mass is 32.2. The lowest BCUT2D eigenvalue weighted by molar-refractivity contribution is -0.122. The smallest absolute Gasteiger partial charge is 0.267 e. The molecule has 164 valence electrons. The number of fused-ring (bicyclic) bond motifs is 1. The van der Waals surface area contributed by atoms with E-state index < -0.39 is 0 Å². The van der Waals surface area contributed by atoms with Gasteiger partial charge in [0, 0.05) is 18.8 Å². The molecule has 2 aromatic heterocycles. The van der Waals surface area contributed by atoms with E-state index in [0.717, 1.165) is 31.6 Å². The minimum atomic E-state index is -0.189. The molecule has 4 rings (SSSR count). The number of anilines is 1. The SMILES string of the molecule is CC(C)CN1C(=O)C(=Cc2c(NC3CCC(C)CC3)nc3ccccn3c2=O)SC1=S. The van der Waals surface area contributed by atoms with Gasteiger partial charge < -0.3 is 5.32 Å². The fourth-order valence-electron chi connectivity index (χ4n) is 4.09. The van der Waals surface area contributed by atoms with Gasteiger partial charge in [-0.15, -0.1) is 0 Å². The van der Waals surface area contributed by atoms with Crippen molar-refractivity contribution in [3.8, 4) is 0 Å². The third-order valence-corrected chi connectivity index (χ3v) is 7.20. The lowest BCUT2D eigenvalue weighted by atomic mass is 9.87. The quantitative estimate of drug-likeness (QED) is 0.526. The predicted molar refractivity (Wildman–Crippen MR) is 131 cm³/mol. The van der Waals surface area contributed by atoms with Crippen LogP contribution in [-0.2, 0) is 4.79 Å². The number of nitrogens with zero attached hydrogens (tertiary/aromatic N) is 3. The average molecular weight is 457 g/mol. The van der Waals surface area contributed by atoms with Crippen LogP contribution in [0.4, 0.5) is 5.82 Å². The lowest BCUT2D eigenvalue weighted by Crippen LogP contribution is -2.31. The lowest BCUT2D eigenvalue weighted by Gasteiger charge is -2.27. The van der Waals surface area contributed by atoms with E-state index in [4.69, 9.17) is 17.2 Å². The van der Waals surface area contributed by atoms with Crippen molar-refractivity contribution in [2.45, 2.75) is 52.5 Å². The third kappa shape index (κ3) is 4.70. The van der Waals surface area contributed by atoms with Gasteiger partial charge in [0.2, 0.25) is 0 Å².